The summed E-state index contributed by atoms with van der Waals surface area (Å²) < 4.78 is 44.1. The van der Waals surface area contributed by atoms with Crippen molar-refractivity contribution >= 4 is 5.91 Å². The van der Waals surface area contributed by atoms with E-state index in [1.807, 2.05) is 54.2 Å². The van der Waals surface area contributed by atoms with Crippen molar-refractivity contribution in [3.8, 4) is 0 Å². The molecule has 0 bridgehead atoms. The number of nitrogens with one attached hydrogen (secondary N) is 1. The summed E-state index contributed by atoms with van der Waals surface area (Å²) in [7, 11) is 3.83. The molecule has 0 atom stereocenters. The number of alkyl halides is 3. The van der Waals surface area contributed by atoms with Gasteiger partial charge in [-0.25, -0.2) is 4.98 Å². The topological polar surface area (TPSA) is 61.6 Å². The van der Waals surface area contributed by atoms with Crippen molar-refractivity contribution < 1.29 is 22.4 Å². The molecule has 0 aliphatic carbocycles. The van der Waals surface area contributed by atoms with E-state index in [9.17, 15) is 18.0 Å². The Hall–Kier alpha value is -3.17. The zero-order valence-electron chi connectivity index (χ0n) is 18.6. The number of nitrogens with zero attached hydrogens (tertiary/aromatic N) is 3. The van der Waals surface area contributed by atoms with Crippen molar-refractivity contribution in [2.24, 2.45) is 0 Å². The van der Waals surface area contributed by atoms with Gasteiger partial charge in [0, 0.05) is 26.2 Å². The van der Waals surface area contributed by atoms with E-state index in [2.05, 4.69) is 10.3 Å². The number of oxazole rings is 1. The van der Waals surface area contributed by atoms with Gasteiger partial charge in [-0.05, 0) is 37.4 Å². The summed E-state index contributed by atoms with van der Waals surface area (Å²) >= 11 is 0. The third-order valence-corrected chi connectivity index (χ3v) is 4.92. The van der Waals surface area contributed by atoms with Gasteiger partial charge >= 0.3 is 6.18 Å². The van der Waals surface area contributed by atoms with E-state index in [0.717, 1.165) is 23.3 Å². The van der Waals surface area contributed by atoms with E-state index in [4.69, 9.17) is 4.42 Å². The van der Waals surface area contributed by atoms with E-state index in [-0.39, 0.29) is 11.6 Å². The molecule has 1 heterocycles. The second-order valence-corrected chi connectivity index (χ2v) is 8.01. The summed E-state index contributed by atoms with van der Waals surface area (Å²) in [6.45, 7) is 2.41. The van der Waals surface area contributed by atoms with Crippen LogP contribution in [0, 0.1) is 0 Å². The molecule has 1 N–H and O–H groups in total. The lowest BCUT2D eigenvalue weighted by Gasteiger charge is -2.21. The molecule has 9 heteroatoms. The molecule has 0 aliphatic heterocycles. The van der Waals surface area contributed by atoms with Crippen LogP contribution < -0.4 is 5.32 Å². The van der Waals surface area contributed by atoms with Gasteiger partial charge in [0.2, 0.25) is 5.89 Å². The highest BCUT2D eigenvalue weighted by atomic mass is 19.4. The number of hydrogen-bond donors (Lipinski definition) is 1. The molecule has 0 fully saturated rings. The van der Waals surface area contributed by atoms with Gasteiger partial charge in [0.25, 0.3) is 5.91 Å². The van der Waals surface area contributed by atoms with Crippen LogP contribution in [-0.4, -0.2) is 47.9 Å². The molecule has 1 amide bonds. The Balaban J connectivity index is 1.70. The fourth-order valence-electron chi connectivity index (χ4n) is 3.23. The molecular weight excluding hydrogens is 433 g/mol. The Labute approximate surface area is 191 Å². The fraction of sp³-hybridized carbons (Fsp3) is 0.333. The maximum Gasteiger partial charge on any atom is 0.416 e. The SMILES string of the molecule is CN(C)CCNC(=O)c1coc(CN(Cc2ccccc2)Cc2ccc(C(F)(F)F)cc2)n1. The zero-order chi connectivity index (χ0) is 23.8. The Kier molecular flexibility index (Phi) is 8.24. The van der Waals surface area contributed by atoms with Gasteiger partial charge in [0.1, 0.15) is 6.26 Å². The fourth-order valence-corrected chi connectivity index (χ4v) is 3.23. The average Bonchev–Trinajstić information content (AvgIpc) is 3.22. The number of carbonyl (C=O) groups excluding carboxylic acids is 1. The van der Waals surface area contributed by atoms with E-state index in [1.54, 1.807) is 0 Å². The van der Waals surface area contributed by atoms with Crippen LogP contribution in [0.5, 0.6) is 0 Å². The molecule has 2 aromatic carbocycles. The lowest BCUT2D eigenvalue weighted by molar-refractivity contribution is -0.137. The number of likely N-dealkylation sites (N-methyl/N-ethyl adjacent to an activating group) is 1. The highest BCUT2D eigenvalue weighted by Crippen LogP contribution is 2.29. The molecule has 6 nitrogen and oxygen atoms in total. The van der Waals surface area contributed by atoms with Crippen molar-refractivity contribution in [1.82, 2.24) is 20.1 Å². The summed E-state index contributed by atoms with van der Waals surface area (Å²) in [4.78, 5) is 20.5. The third kappa shape index (κ3) is 7.73. The summed E-state index contributed by atoms with van der Waals surface area (Å²) in [6.07, 6.45) is -3.05. The molecule has 1 aromatic heterocycles. The summed E-state index contributed by atoms with van der Waals surface area (Å²) in [6, 6.07) is 14.8. The number of benzene rings is 2. The Morgan fingerprint density at radius 3 is 2.21 bits per heavy atom. The highest BCUT2D eigenvalue weighted by Gasteiger charge is 2.30. The van der Waals surface area contributed by atoms with Crippen molar-refractivity contribution in [2.75, 3.05) is 27.2 Å². The van der Waals surface area contributed by atoms with E-state index in [0.29, 0.717) is 38.6 Å². The minimum absolute atomic E-state index is 0.193. The van der Waals surface area contributed by atoms with Gasteiger partial charge in [0.15, 0.2) is 5.69 Å². The lowest BCUT2D eigenvalue weighted by Crippen LogP contribution is -2.31. The monoisotopic (exact) mass is 460 g/mol. The first-order valence-electron chi connectivity index (χ1n) is 10.5. The first kappa shape index (κ1) is 24.5. The van der Waals surface area contributed by atoms with Crippen LogP contribution in [0.2, 0.25) is 0 Å². The Bertz CT molecular complexity index is 1020. The summed E-state index contributed by atoms with van der Waals surface area (Å²) in [5.74, 6) is 0.0415. The van der Waals surface area contributed by atoms with Crippen molar-refractivity contribution in [2.45, 2.75) is 25.8 Å². The molecule has 176 valence electrons. The van der Waals surface area contributed by atoms with Gasteiger partial charge < -0.3 is 14.6 Å². The predicted octanol–water partition coefficient (Wildman–Crippen LogP) is 4.19. The molecule has 0 radical (unpaired) electrons. The largest absolute Gasteiger partial charge is 0.447 e. The first-order valence-corrected chi connectivity index (χ1v) is 10.5. The van der Waals surface area contributed by atoms with E-state index >= 15 is 0 Å². The van der Waals surface area contributed by atoms with Gasteiger partial charge in [-0.2, -0.15) is 13.2 Å². The number of amides is 1. The first-order chi connectivity index (χ1) is 15.7. The number of hydrogen-bond acceptors (Lipinski definition) is 5. The van der Waals surface area contributed by atoms with Crippen molar-refractivity contribution in [3.05, 3.63) is 89.1 Å². The zero-order valence-corrected chi connectivity index (χ0v) is 18.6. The molecule has 0 saturated heterocycles. The molecule has 3 rings (SSSR count). The summed E-state index contributed by atoms with van der Waals surface area (Å²) in [5.41, 5.74) is 1.28. The average molecular weight is 461 g/mol. The third-order valence-electron chi connectivity index (χ3n) is 4.92. The maximum atomic E-state index is 12.9. The van der Waals surface area contributed by atoms with Crippen LogP contribution in [0.25, 0.3) is 0 Å². The predicted molar refractivity (Wildman–Crippen MR) is 118 cm³/mol. The minimum Gasteiger partial charge on any atom is -0.447 e. The van der Waals surface area contributed by atoms with Crippen LogP contribution >= 0.6 is 0 Å². The van der Waals surface area contributed by atoms with Gasteiger partial charge in [-0.1, -0.05) is 42.5 Å². The number of halogens is 3. The molecule has 3 aromatic rings. The molecule has 0 spiro atoms. The Morgan fingerprint density at radius 2 is 1.61 bits per heavy atom. The van der Waals surface area contributed by atoms with Crippen molar-refractivity contribution in [3.63, 3.8) is 0 Å². The highest BCUT2D eigenvalue weighted by molar-refractivity contribution is 5.91. The number of rotatable bonds is 10. The van der Waals surface area contributed by atoms with Crippen LogP contribution in [0.15, 0.2) is 65.3 Å². The molecule has 0 saturated carbocycles. The van der Waals surface area contributed by atoms with Crippen LogP contribution in [0.1, 0.15) is 33.1 Å². The lowest BCUT2D eigenvalue weighted by atomic mass is 10.1. The quantitative estimate of drug-likeness (QED) is 0.492. The standard InChI is InChI=1S/C24H27F3N4O2/c1-30(2)13-12-28-23(32)21-17-33-22(29-21)16-31(14-18-6-4-3-5-7-18)15-19-8-10-20(11-9-19)24(25,26)27/h3-11,17H,12-16H2,1-2H3,(H,28,32). The smallest absolute Gasteiger partial charge is 0.416 e. The van der Waals surface area contributed by atoms with Gasteiger partial charge in [-0.3, -0.25) is 9.69 Å². The normalized spacial score (nSPS) is 11.8. The van der Waals surface area contributed by atoms with Gasteiger partial charge in [-0.15, -0.1) is 0 Å². The van der Waals surface area contributed by atoms with Crippen LogP contribution in [-0.2, 0) is 25.8 Å². The second-order valence-electron chi connectivity index (χ2n) is 8.01. The van der Waals surface area contributed by atoms with Crippen molar-refractivity contribution in [1.29, 1.82) is 0 Å². The second kappa shape index (κ2) is 11.1. The molecular formula is C24H27F3N4O2. The van der Waals surface area contributed by atoms with Crippen LogP contribution in [0.4, 0.5) is 13.2 Å². The minimum atomic E-state index is -4.37. The molecule has 0 aliphatic rings. The summed E-state index contributed by atoms with van der Waals surface area (Å²) in [5, 5.41) is 2.79. The maximum absolute atomic E-state index is 12.9. The van der Waals surface area contributed by atoms with E-state index in [1.165, 1.54) is 18.4 Å². The van der Waals surface area contributed by atoms with Crippen LogP contribution in [0.3, 0.4) is 0 Å². The Morgan fingerprint density at radius 1 is 0.970 bits per heavy atom. The number of aromatic nitrogens is 1. The molecule has 33 heavy (non-hydrogen) atoms. The number of carbonyl (C=O) groups is 1. The van der Waals surface area contributed by atoms with E-state index < -0.39 is 11.7 Å². The molecule has 0 unspecified atom stereocenters. The van der Waals surface area contributed by atoms with Gasteiger partial charge in [0.05, 0.1) is 12.1 Å².